The van der Waals surface area contributed by atoms with Crippen LogP contribution in [0.1, 0.15) is 46.0 Å². The molecule has 4 rings (SSSR count). The molecule has 6 heteroatoms. The predicted molar refractivity (Wildman–Crippen MR) is 116 cm³/mol. The summed E-state index contributed by atoms with van der Waals surface area (Å²) in [5.41, 5.74) is 1.02. The molecule has 2 saturated carbocycles. The number of pyridine rings is 1. The van der Waals surface area contributed by atoms with Crippen molar-refractivity contribution >= 4 is 5.97 Å². The van der Waals surface area contributed by atoms with Gasteiger partial charge in [0.2, 0.25) is 0 Å². The maximum atomic E-state index is 12.4. The highest BCUT2D eigenvalue weighted by Crippen LogP contribution is 2.62. The molecule has 0 aromatic carbocycles. The van der Waals surface area contributed by atoms with Gasteiger partial charge >= 0.3 is 5.97 Å². The lowest BCUT2D eigenvalue weighted by molar-refractivity contribution is -0.154. The van der Waals surface area contributed by atoms with E-state index in [0.29, 0.717) is 24.2 Å². The molecule has 3 aliphatic rings. The molecule has 1 aromatic heterocycles. The van der Waals surface area contributed by atoms with Crippen LogP contribution in [0.3, 0.4) is 0 Å². The van der Waals surface area contributed by atoms with E-state index in [1.54, 1.807) is 24.5 Å². The highest BCUT2D eigenvalue weighted by molar-refractivity contribution is 5.91. The first-order chi connectivity index (χ1) is 14.8. The molecule has 1 aromatic rings. The maximum Gasteiger partial charge on any atom is 0.337 e. The van der Waals surface area contributed by atoms with Crippen LogP contribution in [0.4, 0.5) is 0 Å². The summed E-state index contributed by atoms with van der Waals surface area (Å²) in [5, 5.41) is 21.0. The summed E-state index contributed by atoms with van der Waals surface area (Å²) in [6.45, 7) is 8.90. The number of aromatic nitrogens is 1. The normalized spacial score (nSPS) is 36.4. The largest absolute Gasteiger partial charge is 0.485 e. The van der Waals surface area contributed by atoms with Crippen molar-refractivity contribution in [2.45, 2.75) is 58.2 Å². The first-order valence-electron chi connectivity index (χ1n) is 11.2. The zero-order chi connectivity index (χ0) is 22.2. The quantitative estimate of drug-likeness (QED) is 0.534. The number of carbonyl (C=O) groups excluding carboxylic acids is 1. The number of hydrogen-bond acceptors (Lipinski definition) is 6. The molecule has 0 radical (unpaired) electrons. The molecule has 2 N–H and O–H groups in total. The zero-order valence-electron chi connectivity index (χ0n) is 18.4. The summed E-state index contributed by atoms with van der Waals surface area (Å²) in [7, 11) is 0. The number of aliphatic hydroxyl groups is 2. The molecular formula is C25H33NO5. The van der Waals surface area contributed by atoms with Gasteiger partial charge in [-0.1, -0.05) is 26.0 Å². The number of cyclic esters (lactones) is 1. The van der Waals surface area contributed by atoms with Crippen LogP contribution in [0.2, 0.25) is 0 Å². The van der Waals surface area contributed by atoms with E-state index in [2.05, 4.69) is 18.5 Å². The SMILES string of the molecule is C=C1CC[C@@H]2[C@](C)(CO)[C@H](O)CC[C@@]2(C)[C@@H]1CC(Oc1ccncc1)C1=CCOC1=O. The molecular weight excluding hydrogens is 394 g/mol. The first kappa shape index (κ1) is 22.0. The summed E-state index contributed by atoms with van der Waals surface area (Å²) in [6.07, 6.45) is 8.02. The summed E-state index contributed by atoms with van der Waals surface area (Å²) in [5.74, 6) is 0.588. The Hall–Kier alpha value is -2.18. The minimum atomic E-state index is -0.543. The lowest BCUT2D eigenvalue weighted by Crippen LogP contribution is -2.57. The van der Waals surface area contributed by atoms with Crippen molar-refractivity contribution < 1.29 is 24.5 Å². The molecule has 6 nitrogen and oxygen atoms in total. The van der Waals surface area contributed by atoms with Gasteiger partial charge in [0.05, 0.1) is 18.3 Å². The van der Waals surface area contributed by atoms with Crippen LogP contribution in [0.15, 0.2) is 48.3 Å². The second kappa shape index (κ2) is 8.40. The first-order valence-corrected chi connectivity index (χ1v) is 11.2. The number of allylic oxidation sites excluding steroid dienone is 1. The lowest BCUT2D eigenvalue weighted by Gasteiger charge is -2.60. The Morgan fingerprint density at radius 3 is 2.71 bits per heavy atom. The fourth-order valence-electron chi connectivity index (χ4n) is 6.31. The van der Waals surface area contributed by atoms with Crippen molar-refractivity contribution in [3.8, 4) is 5.75 Å². The number of nitrogens with zero attached hydrogens (tertiary/aromatic N) is 1. The number of esters is 1. The molecule has 2 fully saturated rings. The standard InChI is InChI=1S/C25H33NO5/c1-16-4-5-21-24(2,10-6-22(28)25(21,3)15-27)19(16)14-20(18-9-13-30-23(18)29)31-17-7-11-26-12-8-17/h7-9,11-12,19-22,27-28H,1,4-6,10,13-15H2,2-3H3/t19-,20?,21+,22-,24+,25+/m1/s1. The minimum Gasteiger partial charge on any atom is -0.485 e. The Morgan fingerprint density at radius 1 is 1.32 bits per heavy atom. The van der Waals surface area contributed by atoms with Gasteiger partial charge in [-0.2, -0.15) is 0 Å². The third-order valence-corrected chi connectivity index (χ3v) is 8.17. The zero-order valence-corrected chi connectivity index (χ0v) is 18.4. The Bertz CT molecular complexity index is 868. The Kier molecular flexibility index (Phi) is 5.97. The molecule has 0 bridgehead atoms. The monoisotopic (exact) mass is 427 g/mol. The van der Waals surface area contributed by atoms with Gasteiger partial charge in [-0.15, -0.1) is 0 Å². The van der Waals surface area contributed by atoms with Gasteiger partial charge in [0.15, 0.2) is 0 Å². The third kappa shape index (κ3) is 3.80. The molecule has 0 spiro atoms. The van der Waals surface area contributed by atoms with Crippen LogP contribution in [0, 0.1) is 22.7 Å². The number of ether oxygens (including phenoxy) is 2. The smallest absolute Gasteiger partial charge is 0.337 e. The second-order valence-corrected chi connectivity index (χ2v) is 9.81. The molecule has 1 unspecified atom stereocenters. The van der Waals surface area contributed by atoms with E-state index < -0.39 is 17.6 Å². The van der Waals surface area contributed by atoms with Gasteiger partial charge in [0, 0.05) is 17.8 Å². The van der Waals surface area contributed by atoms with Crippen molar-refractivity contribution in [1.82, 2.24) is 4.98 Å². The van der Waals surface area contributed by atoms with Crippen LogP contribution in [0.25, 0.3) is 0 Å². The molecule has 31 heavy (non-hydrogen) atoms. The molecule has 1 aliphatic heterocycles. The van der Waals surface area contributed by atoms with Gasteiger partial charge in [-0.05, 0) is 67.6 Å². The Morgan fingerprint density at radius 2 is 2.06 bits per heavy atom. The van der Waals surface area contributed by atoms with Gasteiger partial charge < -0.3 is 19.7 Å². The van der Waals surface area contributed by atoms with E-state index in [9.17, 15) is 15.0 Å². The van der Waals surface area contributed by atoms with Gasteiger partial charge in [0.25, 0.3) is 0 Å². The highest BCUT2D eigenvalue weighted by atomic mass is 16.5. The number of aliphatic hydroxyl groups excluding tert-OH is 2. The Labute approximate surface area is 184 Å². The second-order valence-electron chi connectivity index (χ2n) is 9.81. The van der Waals surface area contributed by atoms with Crippen molar-refractivity contribution in [2.24, 2.45) is 22.7 Å². The van der Waals surface area contributed by atoms with Crippen LogP contribution in [0.5, 0.6) is 5.75 Å². The fourth-order valence-corrected chi connectivity index (χ4v) is 6.31. The van der Waals surface area contributed by atoms with Crippen molar-refractivity contribution in [3.63, 3.8) is 0 Å². The average molecular weight is 428 g/mol. The van der Waals surface area contributed by atoms with E-state index in [1.165, 1.54) is 0 Å². The van der Waals surface area contributed by atoms with Crippen LogP contribution < -0.4 is 4.74 Å². The summed E-state index contributed by atoms with van der Waals surface area (Å²) < 4.78 is 11.5. The van der Waals surface area contributed by atoms with E-state index in [-0.39, 0.29) is 36.4 Å². The van der Waals surface area contributed by atoms with Gasteiger partial charge in [-0.25, -0.2) is 4.79 Å². The fraction of sp³-hybridized carbons (Fsp3) is 0.600. The molecule has 2 aliphatic carbocycles. The van der Waals surface area contributed by atoms with E-state index in [0.717, 1.165) is 24.8 Å². The third-order valence-electron chi connectivity index (χ3n) is 8.17. The summed E-state index contributed by atoms with van der Waals surface area (Å²) >= 11 is 0. The van der Waals surface area contributed by atoms with Crippen LogP contribution in [-0.4, -0.2) is 46.6 Å². The summed E-state index contributed by atoms with van der Waals surface area (Å²) in [4.78, 5) is 16.5. The van der Waals surface area contributed by atoms with E-state index in [4.69, 9.17) is 9.47 Å². The van der Waals surface area contributed by atoms with Crippen molar-refractivity contribution in [2.75, 3.05) is 13.2 Å². The molecule has 0 amide bonds. The van der Waals surface area contributed by atoms with E-state index >= 15 is 0 Å². The van der Waals surface area contributed by atoms with Crippen molar-refractivity contribution in [3.05, 3.63) is 48.3 Å². The van der Waals surface area contributed by atoms with E-state index in [1.807, 2.05) is 13.0 Å². The molecule has 2 heterocycles. The number of rotatable bonds is 6. The highest BCUT2D eigenvalue weighted by Gasteiger charge is 2.58. The predicted octanol–water partition coefficient (Wildman–Crippen LogP) is 3.44. The topological polar surface area (TPSA) is 88.9 Å². The minimum absolute atomic E-state index is 0.0396. The average Bonchev–Trinajstić information content (AvgIpc) is 3.19. The molecule has 0 saturated heterocycles. The number of carbonyl (C=O) groups is 1. The molecule has 6 atom stereocenters. The summed E-state index contributed by atoms with van der Waals surface area (Å²) in [6, 6.07) is 3.57. The van der Waals surface area contributed by atoms with Gasteiger partial charge in [0.1, 0.15) is 18.5 Å². The van der Waals surface area contributed by atoms with Crippen LogP contribution >= 0.6 is 0 Å². The van der Waals surface area contributed by atoms with Crippen molar-refractivity contribution in [1.29, 1.82) is 0 Å². The van der Waals surface area contributed by atoms with Crippen LogP contribution in [-0.2, 0) is 9.53 Å². The Balaban J connectivity index is 1.66. The number of hydrogen-bond donors (Lipinski definition) is 2. The van der Waals surface area contributed by atoms with Gasteiger partial charge in [-0.3, -0.25) is 4.98 Å². The number of fused-ring (bicyclic) bond motifs is 1. The maximum absolute atomic E-state index is 12.4. The molecule has 168 valence electrons. The lowest BCUT2D eigenvalue weighted by atomic mass is 9.46.